The third kappa shape index (κ3) is 3.65. The number of ether oxygens (including phenoxy) is 2. The summed E-state index contributed by atoms with van der Waals surface area (Å²) in [5.41, 5.74) is -1.12. The molecule has 0 bridgehead atoms. The van der Waals surface area contributed by atoms with Crippen molar-refractivity contribution in [3.05, 3.63) is 35.9 Å². The zero-order valence-electron chi connectivity index (χ0n) is 13.2. The van der Waals surface area contributed by atoms with Crippen molar-refractivity contribution in [3.8, 4) is 0 Å². The van der Waals surface area contributed by atoms with Gasteiger partial charge in [-0.1, -0.05) is 30.3 Å². The molecule has 5 heteroatoms. The fourth-order valence-electron chi connectivity index (χ4n) is 2.39. The van der Waals surface area contributed by atoms with E-state index >= 15 is 0 Å². The zero-order valence-corrected chi connectivity index (χ0v) is 13.2. The van der Waals surface area contributed by atoms with Crippen molar-refractivity contribution in [2.24, 2.45) is 11.3 Å². The maximum Gasteiger partial charge on any atom is 0.324 e. The maximum absolute atomic E-state index is 12.2. The van der Waals surface area contributed by atoms with E-state index in [9.17, 15) is 14.7 Å². The smallest absolute Gasteiger partial charge is 0.324 e. The van der Waals surface area contributed by atoms with Crippen LogP contribution >= 0.6 is 0 Å². The molecule has 0 unspecified atom stereocenters. The molecule has 1 N–H and O–H groups in total. The second-order valence-corrected chi connectivity index (χ2v) is 6.68. The molecule has 0 saturated heterocycles. The molecule has 0 heterocycles. The summed E-state index contributed by atoms with van der Waals surface area (Å²) in [6.07, 6.45) is 0.270. The predicted octanol–water partition coefficient (Wildman–Crippen LogP) is 2.64. The minimum atomic E-state index is -1.44. The number of benzene rings is 1. The molecule has 2 atom stereocenters. The Morgan fingerprint density at radius 2 is 1.91 bits per heavy atom. The number of hydrogen-bond acceptors (Lipinski definition) is 4. The van der Waals surface area contributed by atoms with E-state index in [0.717, 1.165) is 5.56 Å². The van der Waals surface area contributed by atoms with E-state index in [-0.39, 0.29) is 18.9 Å². The van der Waals surface area contributed by atoms with Crippen LogP contribution in [0.25, 0.3) is 0 Å². The van der Waals surface area contributed by atoms with Gasteiger partial charge in [0.25, 0.3) is 0 Å². The number of carbonyl (C=O) groups excluding carboxylic acids is 1. The van der Waals surface area contributed by atoms with Gasteiger partial charge in [0, 0.05) is 5.92 Å². The molecule has 1 fully saturated rings. The number of hydrogen-bond donors (Lipinski definition) is 1. The molecule has 0 aliphatic heterocycles. The van der Waals surface area contributed by atoms with Gasteiger partial charge in [-0.3, -0.25) is 9.59 Å². The van der Waals surface area contributed by atoms with Crippen molar-refractivity contribution in [3.63, 3.8) is 0 Å². The van der Waals surface area contributed by atoms with Crippen LogP contribution in [0.3, 0.4) is 0 Å². The molecule has 1 saturated carbocycles. The van der Waals surface area contributed by atoms with E-state index in [0.29, 0.717) is 6.61 Å². The summed E-state index contributed by atoms with van der Waals surface area (Å²) in [5, 5.41) is 9.40. The van der Waals surface area contributed by atoms with Crippen LogP contribution in [-0.4, -0.2) is 29.3 Å². The minimum absolute atomic E-state index is 0.237. The minimum Gasteiger partial charge on any atom is -0.480 e. The second-order valence-electron chi connectivity index (χ2n) is 6.68. The number of carboxylic acid groups (broad SMARTS) is 1. The van der Waals surface area contributed by atoms with Gasteiger partial charge in [-0.05, 0) is 32.8 Å². The lowest BCUT2D eigenvalue weighted by atomic mass is 10.0. The third-order valence-electron chi connectivity index (χ3n) is 3.68. The molecule has 0 radical (unpaired) electrons. The molecule has 0 spiro atoms. The monoisotopic (exact) mass is 306 g/mol. The van der Waals surface area contributed by atoms with Gasteiger partial charge in [-0.25, -0.2) is 0 Å². The quantitative estimate of drug-likeness (QED) is 0.646. The summed E-state index contributed by atoms with van der Waals surface area (Å²) in [4.78, 5) is 23.7. The van der Waals surface area contributed by atoms with Crippen molar-refractivity contribution >= 4 is 11.9 Å². The average molecular weight is 306 g/mol. The van der Waals surface area contributed by atoms with Crippen LogP contribution in [0, 0.1) is 11.3 Å². The van der Waals surface area contributed by atoms with Gasteiger partial charge in [0.05, 0.1) is 13.2 Å². The molecule has 2 rings (SSSR count). The highest BCUT2D eigenvalue weighted by Crippen LogP contribution is 2.54. The lowest BCUT2D eigenvalue weighted by Gasteiger charge is -2.22. The highest BCUT2D eigenvalue weighted by Gasteiger charge is 2.68. The van der Waals surface area contributed by atoms with Gasteiger partial charge >= 0.3 is 11.9 Å². The van der Waals surface area contributed by atoms with Crippen LogP contribution < -0.4 is 0 Å². The van der Waals surface area contributed by atoms with Crippen LogP contribution in [0.5, 0.6) is 0 Å². The maximum atomic E-state index is 12.2. The second kappa shape index (κ2) is 6.08. The van der Waals surface area contributed by atoms with Crippen molar-refractivity contribution in [1.29, 1.82) is 0 Å². The van der Waals surface area contributed by atoms with Gasteiger partial charge in [0.2, 0.25) is 0 Å². The first-order valence-corrected chi connectivity index (χ1v) is 7.34. The van der Waals surface area contributed by atoms with Gasteiger partial charge in [-0.15, -0.1) is 0 Å². The Morgan fingerprint density at radius 1 is 1.27 bits per heavy atom. The molecule has 120 valence electrons. The first-order valence-electron chi connectivity index (χ1n) is 7.34. The highest BCUT2D eigenvalue weighted by molar-refractivity contribution is 6.03. The summed E-state index contributed by atoms with van der Waals surface area (Å²) in [6.45, 7) is 5.82. The molecule has 1 aliphatic carbocycles. The van der Waals surface area contributed by atoms with Crippen molar-refractivity contribution in [1.82, 2.24) is 0 Å². The average Bonchev–Trinajstić information content (AvgIpc) is 3.14. The number of carboxylic acids is 1. The predicted molar refractivity (Wildman–Crippen MR) is 80.1 cm³/mol. The van der Waals surface area contributed by atoms with Crippen LogP contribution in [0.4, 0.5) is 0 Å². The van der Waals surface area contributed by atoms with E-state index in [4.69, 9.17) is 9.47 Å². The topological polar surface area (TPSA) is 72.8 Å². The van der Waals surface area contributed by atoms with Gasteiger partial charge < -0.3 is 14.6 Å². The molecule has 1 aliphatic rings. The first kappa shape index (κ1) is 16.5. The Labute approximate surface area is 130 Å². The molecule has 1 aromatic carbocycles. The van der Waals surface area contributed by atoms with E-state index in [2.05, 4.69) is 0 Å². The number of carbonyl (C=O) groups is 2. The van der Waals surface area contributed by atoms with E-state index in [1.807, 2.05) is 30.3 Å². The van der Waals surface area contributed by atoms with Crippen molar-refractivity contribution < 1.29 is 24.2 Å². The van der Waals surface area contributed by atoms with Crippen molar-refractivity contribution in [2.45, 2.75) is 39.4 Å². The first-order chi connectivity index (χ1) is 10.3. The third-order valence-corrected chi connectivity index (χ3v) is 3.68. The van der Waals surface area contributed by atoms with Crippen LogP contribution in [0.1, 0.15) is 32.8 Å². The van der Waals surface area contributed by atoms with Gasteiger partial charge in [0.15, 0.2) is 5.41 Å². The summed E-state index contributed by atoms with van der Waals surface area (Å²) in [7, 11) is 0. The van der Waals surface area contributed by atoms with Gasteiger partial charge in [0.1, 0.15) is 5.60 Å². The molecule has 0 amide bonds. The van der Waals surface area contributed by atoms with E-state index in [1.54, 1.807) is 20.8 Å². The molecular formula is C17H22O5. The van der Waals surface area contributed by atoms with E-state index < -0.39 is 23.0 Å². The van der Waals surface area contributed by atoms with Crippen LogP contribution in [0.2, 0.25) is 0 Å². The SMILES string of the molecule is CC(C)(C)OC(=O)[C@@]1(C(=O)O)C[C@H]1COCc1ccccc1. The number of aliphatic carboxylic acids is 1. The molecule has 0 aromatic heterocycles. The van der Waals surface area contributed by atoms with Gasteiger partial charge in [-0.2, -0.15) is 0 Å². The summed E-state index contributed by atoms with van der Waals surface area (Å²) in [6, 6.07) is 9.62. The fourth-order valence-corrected chi connectivity index (χ4v) is 2.39. The Bertz CT molecular complexity index is 546. The highest BCUT2D eigenvalue weighted by atomic mass is 16.6. The molecule has 22 heavy (non-hydrogen) atoms. The standard InChI is InChI=1S/C17H22O5/c1-16(2,3)22-15(20)17(14(18)19)9-13(17)11-21-10-12-7-5-4-6-8-12/h4-8,13H,9-11H2,1-3H3,(H,18,19)/t13-,17-/m0/s1. The summed E-state index contributed by atoms with van der Waals surface area (Å²) < 4.78 is 10.8. The Morgan fingerprint density at radius 3 is 2.45 bits per heavy atom. The lowest BCUT2D eigenvalue weighted by molar-refractivity contribution is -0.170. The Balaban J connectivity index is 1.90. The van der Waals surface area contributed by atoms with E-state index in [1.165, 1.54) is 0 Å². The van der Waals surface area contributed by atoms with Crippen LogP contribution in [-0.2, 0) is 25.7 Å². The normalized spacial score (nSPS) is 23.9. The number of esters is 1. The summed E-state index contributed by atoms with van der Waals surface area (Å²) in [5.74, 6) is -2.13. The molecular weight excluding hydrogens is 284 g/mol. The summed E-state index contributed by atoms with van der Waals surface area (Å²) >= 11 is 0. The van der Waals surface area contributed by atoms with Crippen molar-refractivity contribution in [2.75, 3.05) is 6.61 Å². The Hall–Kier alpha value is -1.88. The molecule has 1 aromatic rings. The zero-order chi connectivity index (χ0) is 16.4. The van der Waals surface area contributed by atoms with Crippen LogP contribution in [0.15, 0.2) is 30.3 Å². The Kier molecular flexibility index (Phi) is 4.56. The largest absolute Gasteiger partial charge is 0.480 e. The fraction of sp³-hybridized carbons (Fsp3) is 0.529. The number of rotatable bonds is 6. The lowest BCUT2D eigenvalue weighted by Crippen LogP contribution is -2.36. The molecule has 5 nitrogen and oxygen atoms in total.